The van der Waals surface area contributed by atoms with Crippen molar-refractivity contribution in [3.05, 3.63) is 167 Å². The van der Waals surface area contributed by atoms with Crippen LogP contribution in [-0.4, -0.2) is 53.4 Å². The molecule has 0 aliphatic carbocycles. The second-order valence-corrected chi connectivity index (χ2v) is 12.4. The number of anilines is 2. The van der Waals surface area contributed by atoms with Gasteiger partial charge in [-0.1, -0.05) is 122 Å². The number of nitrogens with one attached hydrogen (secondary N) is 1. The Kier molecular flexibility index (Phi) is 31.5. The van der Waals surface area contributed by atoms with Gasteiger partial charge in [0, 0.05) is 12.8 Å². The zero-order valence-electron chi connectivity index (χ0n) is 32.3. The summed E-state index contributed by atoms with van der Waals surface area (Å²) in [5, 5.41) is 65.1. The largest absolute Gasteiger partial charge is 0.508 e. The van der Waals surface area contributed by atoms with Crippen LogP contribution in [0.2, 0.25) is 0 Å². The Morgan fingerprint density at radius 1 is 0.508 bits per heavy atom. The minimum atomic E-state index is -1.11. The normalized spacial score (nSPS) is 8.85. The van der Waals surface area contributed by atoms with E-state index in [0.717, 1.165) is 16.5 Å². The maximum Gasteiger partial charge on any atom is 0.339 e. The van der Waals surface area contributed by atoms with Crippen molar-refractivity contribution in [1.29, 1.82) is 0 Å². The van der Waals surface area contributed by atoms with Gasteiger partial charge in [-0.25, -0.2) is 4.79 Å². The molecule has 61 heavy (non-hydrogen) atoms. The van der Waals surface area contributed by atoms with E-state index in [1.54, 1.807) is 111 Å². The summed E-state index contributed by atoms with van der Waals surface area (Å²) in [5.41, 5.74) is 7.51. The molecular weight excluding hydrogens is 844 g/mol. The molecule has 6 aromatic rings. The summed E-state index contributed by atoms with van der Waals surface area (Å²) >= 11 is 3.15. The second kappa shape index (κ2) is 32.9. The number of nitrogens with two attached hydrogens (primary N) is 1. The number of carbonyl (C=O) groups excluding carboxylic acids is 2. The molecule has 0 aliphatic rings. The molecule has 0 heterocycles. The number of carboxylic acids is 1. The third-order valence-corrected chi connectivity index (χ3v) is 7.99. The number of aromatic hydroxyl groups is 6. The summed E-state index contributed by atoms with van der Waals surface area (Å²) in [5.74, 6) is -0.439. The van der Waals surface area contributed by atoms with Gasteiger partial charge < -0.3 is 46.8 Å². The van der Waals surface area contributed by atoms with Gasteiger partial charge in [-0.3, -0.25) is 9.59 Å². The van der Waals surface area contributed by atoms with Crippen LogP contribution in [0.5, 0.6) is 34.5 Å². The Balaban J connectivity index is -0.000000659. The smallest absolute Gasteiger partial charge is 0.339 e. The number of hydrogen-bond donors (Lipinski definition) is 9. The Morgan fingerprint density at radius 3 is 1.25 bits per heavy atom. The first-order valence-electron chi connectivity index (χ1n) is 17.8. The number of hydrogen-bond acceptors (Lipinski definition) is 10. The van der Waals surface area contributed by atoms with Crippen LogP contribution in [-0.2, 0) is 11.2 Å². The van der Waals surface area contributed by atoms with Gasteiger partial charge in [-0.2, -0.15) is 0 Å². The lowest BCUT2D eigenvalue weighted by Crippen LogP contribution is -2.09. The topological polar surface area (TPSA) is 231 Å². The lowest BCUT2D eigenvalue weighted by atomic mass is 10.1. The van der Waals surface area contributed by atoms with Crippen molar-refractivity contribution in [2.24, 2.45) is 0 Å². The van der Waals surface area contributed by atoms with E-state index >= 15 is 0 Å². The number of nitrogen functional groups attached to an aromatic ring is 1. The zero-order valence-corrected chi connectivity index (χ0v) is 33.9. The number of para-hydroxylation sites is 8. The number of rotatable bonds is 6. The fourth-order valence-electron chi connectivity index (χ4n) is 4.12. The van der Waals surface area contributed by atoms with E-state index in [2.05, 4.69) is 21.2 Å². The van der Waals surface area contributed by atoms with Crippen molar-refractivity contribution in [1.82, 2.24) is 0 Å². The maximum absolute atomic E-state index is 11.1. The van der Waals surface area contributed by atoms with Crippen molar-refractivity contribution < 1.29 is 50.1 Å². The predicted molar refractivity (Wildman–Crippen MR) is 251 cm³/mol. The first-order valence-corrected chi connectivity index (χ1v) is 18.6. The summed E-state index contributed by atoms with van der Waals surface area (Å²) in [6, 6.07) is 40.2. The molecular formula is C48H61BrN2O10. The number of Topliss-reactive ketones (excluding diaryl/α,β-unsaturated/α-hetero) is 1. The highest BCUT2D eigenvalue weighted by atomic mass is 79.9. The maximum atomic E-state index is 11.1. The van der Waals surface area contributed by atoms with E-state index in [-0.39, 0.29) is 68.3 Å². The van der Waals surface area contributed by atoms with Gasteiger partial charge in [0.1, 0.15) is 40.1 Å². The molecule has 0 aliphatic heterocycles. The molecule has 0 spiro atoms. The lowest BCUT2D eigenvalue weighted by molar-refractivity contribution is -0.115. The van der Waals surface area contributed by atoms with Crippen LogP contribution in [0, 0.1) is 0 Å². The number of carbonyl (C=O) groups is 3. The average Bonchev–Trinajstić information content (AvgIpc) is 3.22. The Hall–Kier alpha value is -6.99. The SMILES string of the molecule is C.C.C.CCC(=O)Nc1ccccc1O.CCC(=O)c1ccccc1O.CCc1ccccc1O.Nc1ccccc1O.O=C(O)c1ccccc1O.Oc1ccccc1Br. The van der Waals surface area contributed by atoms with E-state index in [1.807, 2.05) is 31.2 Å². The van der Waals surface area contributed by atoms with Gasteiger partial charge in [0.15, 0.2) is 5.78 Å². The van der Waals surface area contributed by atoms with E-state index in [9.17, 15) is 24.6 Å². The highest BCUT2D eigenvalue weighted by Gasteiger charge is 2.07. The van der Waals surface area contributed by atoms with Crippen molar-refractivity contribution in [3.8, 4) is 34.5 Å². The number of amides is 1. The molecule has 0 saturated carbocycles. The number of phenolic OH excluding ortho intramolecular Hbond substituents is 5. The third-order valence-electron chi connectivity index (χ3n) is 7.32. The van der Waals surface area contributed by atoms with Gasteiger partial charge in [-0.15, -0.1) is 0 Å². The number of ketones is 1. The highest BCUT2D eigenvalue weighted by Crippen LogP contribution is 2.22. The standard InChI is InChI=1S/C9H11NO2.C9H10O2.C8H10O.C7H6O3.C6H5BrO.C6H7NO.3CH4/c1-2-9(12)10-7-5-3-4-6-8(7)11;1-2-8(10)7-5-3-4-6-9(7)11;1-2-7-5-3-4-6-8(7)9;8-6-4-2-1-3-5(6)7(9)10;2*7-5-3-1-2-4-6(5)8;;;/h3-6,11H,2H2,1H3,(H,10,12);3-6,11H,2H2,1H3;3-6,9H,2H2,1H3;1-4,8H,(H,9,10);1-4,8H;1-4,8H,7H2;3*1H4. The van der Waals surface area contributed by atoms with Gasteiger partial charge in [0.25, 0.3) is 0 Å². The zero-order chi connectivity index (χ0) is 43.5. The molecule has 0 unspecified atom stereocenters. The number of benzene rings is 6. The minimum Gasteiger partial charge on any atom is -0.508 e. The summed E-state index contributed by atoms with van der Waals surface area (Å²) < 4.78 is 0.736. The first-order chi connectivity index (χ1) is 27.7. The van der Waals surface area contributed by atoms with Crippen molar-refractivity contribution >= 4 is 45.0 Å². The predicted octanol–water partition coefficient (Wildman–Crippen LogP) is 11.8. The molecule has 6 rings (SSSR count). The molecule has 0 bridgehead atoms. The van der Waals surface area contributed by atoms with Crippen LogP contribution in [0.3, 0.4) is 0 Å². The van der Waals surface area contributed by atoms with Gasteiger partial charge in [0.05, 0.1) is 21.4 Å². The fraction of sp³-hybridized carbons (Fsp3) is 0.188. The molecule has 0 aromatic heterocycles. The monoisotopic (exact) mass is 904 g/mol. The van der Waals surface area contributed by atoms with Crippen molar-refractivity contribution in [2.75, 3.05) is 11.1 Å². The van der Waals surface area contributed by atoms with E-state index in [0.29, 0.717) is 35.5 Å². The van der Waals surface area contributed by atoms with E-state index < -0.39 is 5.97 Å². The molecule has 330 valence electrons. The second-order valence-electron chi connectivity index (χ2n) is 11.5. The molecule has 13 heteroatoms. The Morgan fingerprint density at radius 2 is 0.918 bits per heavy atom. The Labute approximate surface area is 368 Å². The van der Waals surface area contributed by atoms with Crippen molar-refractivity contribution in [3.63, 3.8) is 0 Å². The molecule has 1 amide bonds. The lowest BCUT2D eigenvalue weighted by Gasteiger charge is -2.04. The van der Waals surface area contributed by atoms with Gasteiger partial charge >= 0.3 is 5.97 Å². The number of aromatic carboxylic acids is 1. The summed E-state index contributed by atoms with van der Waals surface area (Å²) in [6.07, 6.45) is 1.73. The summed E-state index contributed by atoms with van der Waals surface area (Å²) in [6.45, 7) is 5.55. The molecule has 12 nitrogen and oxygen atoms in total. The Bertz CT molecular complexity index is 2080. The minimum absolute atomic E-state index is 0. The first kappa shape index (κ1) is 58.3. The quantitative estimate of drug-likeness (QED) is 0.0433. The number of halogens is 1. The molecule has 0 atom stereocenters. The van der Waals surface area contributed by atoms with E-state index in [4.69, 9.17) is 31.3 Å². The van der Waals surface area contributed by atoms with Crippen LogP contribution in [0.15, 0.2) is 150 Å². The van der Waals surface area contributed by atoms with Gasteiger partial charge in [-0.05, 0) is 94.6 Å². The highest BCUT2D eigenvalue weighted by molar-refractivity contribution is 9.10. The van der Waals surface area contributed by atoms with Crippen LogP contribution < -0.4 is 11.1 Å². The number of carboxylic acid groups (broad SMARTS) is 1. The molecule has 0 fully saturated rings. The summed E-state index contributed by atoms with van der Waals surface area (Å²) in [7, 11) is 0. The third kappa shape index (κ3) is 23.3. The van der Waals surface area contributed by atoms with Crippen LogP contribution in [0.4, 0.5) is 11.4 Å². The molecule has 0 radical (unpaired) electrons. The molecule has 6 aromatic carbocycles. The van der Waals surface area contributed by atoms with E-state index in [1.165, 1.54) is 24.3 Å². The molecule has 10 N–H and O–H groups in total. The van der Waals surface area contributed by atoms with Crippen molar-refractivity contribution in [2.45, 2.75) is 62.3 Å². The number of aryl methyl sites for hydroxylation is 1. The van der Waals surface area contributed by atoms with Crippen LogP contribution in [0.1, 0.15) is 82.2 Å². The molecule has 0 saturated heterocycles. The van der Waals surface area contributed by atoms with Crippen LogP contribution in [0.25, 0.3) is 0 Å². The fourth-order valence-corrected chi connectivity index (χ4v) is 4.41. The average molecular weight is 906 g/mol. The number of phenols is 6. The van der Waals surface area contributed by atoms with Gasteiger partial charge in [0.2, 0.25) is 5.91 Å². The van der Waals surface area contributed by atoms with Crippen LogP contribution >= 0.6 is 15.9 Å². The summed E-state index contributed by atoms with van der Waals surface area (Å²) in [4.78, 5) is 32.2.